The molecule has 2 N–H and O–H groups in total. The molecule has 1 aliphatic heterocycles. The van der Waals surface area contributed by atoms with Crippen LogP contribution < -0.4 is 10.6 Å². The molecule has 2 aromatic carbocycles. The molecule has 156 valence electrons. The van der Waals surface area contributed by atoms with Gasteiger partial charge in [-0.3, -0.25) is 4.90 Å². The second kappa shape index (κ2) is 10.4. The Hall–Kier alpha value is -2.67. The summed E-state index contributed by atoms with van der Waals surface area (Å²) < 4.78 is 5.50. The van der Waals surface area contributed by atoms with E-state index in [1.165, 1.54) is 10.4 Å². The first-order valence-corrected chi connectivity index (χ1v) is 11.2. The number of nitrogens with one attached hydrogen (secondary N) is 2. The summed E-state index contributed by atoms with van der Waals surface area (Å²) in [5, 5.41) is 8.21. The molecular weight excluding hydrogens is 394 g/mol. The van der Waals surface area contributed by atoms with Gasteiger partial charge in [0.15, 0.2) is 0 Å². The van der Waals surface area contributed by atoms with Crippen molar-refractivity contribution in [3.8, 4) is 0 Å². The molecule has 5 nitrogen and oxygen atoms in total. The molecule has 0 radical (unpaired) electrons. The summed E-state index contributed by atoms with van der Waals surface area (Å²) in [5.74, 6) is 0. The molecule has 1 aliphatic rings. The maximum atomic E-state index is 12.7. The van der Waals surface area contributed by atoms with E-state index >= 15 is 0 Å². The molecule has 30 heavy (non-hydrogen) atoms. The minimum atomic E-state index is -0.176. The minimum absolute atomic E-state index is 0.166. The van der Waals surface area contributed by atoms with Gasteiger partial charge in [-0.1, -0.05) is 54.6 Å². The average Bonchev–Trinajstić information content (AvgIpc) is 3.31. The monoisotopic (exact) mass is 421 g/mol. The molecule has 2 amide bonds. The van der Waals surface area contributed by atoms with E-state index < -0.39 is 0 Å². The maximum absolute atomic E-state index is 12.7. The predicted octanol–water partition coefficient (Wildman–Crippen LogP) is 4.53. The van der Waals surface area contributed by atoms with Gasteiger partial charge >= 0.3 is 6.03 Å². The van der Waals surface area contributed by atoms with Crippen LogP contribution in [-0.2, 0) is 11.2 Å². The minimum Gasteiger partial charge on any atom is -0.379 e. The summed E-state index contributed by atoms with van der Waals surface area (Å²) >= 11 is 1.73. The number of ether oxygens (including phenoxy) is 1. The normalized spacial score (nSPS) is 15.5. The molecular formula is C24H27N3O2S. The van der Waals surface area contributed by atoms with E-state index in [1.54, 1.807) is 11.3 Å². The van der Waals surface area contributed by atoms with Crippen molar-refractivity contribution in [1.82, 2.24) is 10.2 Å². The largest absolute Gasteiger partial charge is 0.379 e. The fourth-order valence-corrected chi connectivity index (χ4v) is 4.61. The molecule has 0 saturated carbocycles. The van der Waals surface area contributed by atoms with Crippen molar-refractivity contribution in [1.29, 1.82) is 0 Å². The van der Waals surface area contributed by atoms with E-state index in [9.17, 15) is 4.79 Å². The second-order valence-electron chi connectivity index (χ2n) is 7.33. The van der Waals surface area contributed by atoms with E-state index in [2.05, 4.69) is 51.2 Å². The van der Waals surface area contributed by atoms with Crippen LogP contribution >= 0.6 is 11.3 Å². The molecule has 6 heteroatoms. The first kappa shape index (κ1) is 20.6. The van der Waals surface area contributed by atoms with E-state index in [4.69, 9.17) is 4.74 Å². The van der Waals surface area contributed by atoms with E-state index in [0.717, 1.165) is 44.0 Å². The molecule has 2 heterocycles. The van der Waals surface area contributed by atoms with Crippen molar-refractivity contribution in [3.05, 3.63) is 88.1 Å². The number of carbonyl (C=O) groups excluding carboxylic acids is 1. The molecule has 0 spiro atoms. The van der Waals surface area contributed by atoms with Gasteiger partial charge in [0.05, 0.1) is 19.3 Å². The number of urea groups is 1. The first-order chi connectivity index (χ1) is 14.8. The summed E-state index contributed by atoms with van der Waals surface area (Å²) in [4.78, 5) is 16.4. The first-order valence-electron chi connectivity index (χ1n) is 10.3. The van der Waals surface area contributed by atoms with Crippen LogP contribution in [0.5, 0.6) is 0 Å². The quantitative estimate of drug-likeness (QED) is 0.589. The molecule has 1 atom stereocenters. The van der Waals surface area contributed by atoms with Crippen LogP contribution in [0.15, 0.2) is 72.1 Å². The lowest BCUT2D eigenvalue weighted by molar-refractivity contribution is 0.0175. The SMILES string of the molecule is O=C(NC[C@H](c1cccs1)N1CCOCC1)Nc1ccccc1Cc1ccccc1. The van der Waals surface area contributed by atoms with Gasteiger partial charge < -0.3 is 15.4 Å². The molecule has 0 bridgehead atoms. The van der Waals surface area contributed by atoms with Crippen molar-refractivity contribution >= 4 is 23.1 Å². The van der Waals surface area contributed by atoms with Gasteiger partial charge in [-0.25, -0.2) is 4.79 Å². The Bertz CT molecular complexity index is 925. The summed E-state index contributed by atoms with van der Waals surface area (Å²) in [5.41, 5.74) is 3.16. The molecule has 4 rings (SSSR count). The zero-order valence-corrected chi connectivity index (χ0v) is 17.7. The zero-order chi connectivity index (χ0) is 20.6. The van der Waals surface area contributed by atoms with Crippen LogP contribution in [-0.4, -0.2) is 43.8 Å². The molecule has 3 aromatic rings. The Morgan fingerprint density at radius 1 is 1.00 bits per heavy atom. The summed E-state index contributed by atoms with van der Waals surface area (Å²) in [6.45, 7) is 3.80. The lowest BCUT2D eigenvalue weighted by atomic mass is 10.0. The Morgan fingerprint density at radius 3 is 2.53 bits per heavy atom. The highest BCUT2D eigenvalue weighted by Gasteiger charge is 2.24. The highest BCUT2D eigenvalue weighted by molar-refractivity contribution is 7.10. The van der Waals surface area contributed by atoms with Crippen LogP contribution in [0, 0.1) is 0 Å². The number of thiophene rings is 1. The summed E-state index contributed by atoms with van der Waals surface area (Å²) in [7, 11) is 0. The number of anilines is 1. The van der Waals surface area contributed by atoms with Gasteiger partial charge in [0.25, 0.3) is 0 Å². The van der Waals surface area contributed by atoms with Crippen LogP contribution in [0.2, 0.25) is 0 Å². The molecule has 1 aromatic heterocycles. The number of morpholine rings is 1. The summed E-state index contributed by atoms with van der Waals surface area (Å²) in [6, 6.07) is 22.5. The molecule has 0 unspecified atom stereocenters. The van der Waals surface area contributed by atoms with Gasteiger partial charge in [0, 0.05) is 30.2 Å². The molecule has 1 saturated heterocycles. The lowest BCUT2D eigenvalue weighted by Crippen LogP contribution is -2.44. The number of carbonyl (C=O) groups is 1. The highest BCUT2D eigenvalue weighted by Crippen LogP contribution is 2.25. The number of benzene rings is 2. The Kier molecular flexibility index (Phi) is 7.13. The van der Waals surface area contributed by atoms with E-state index in [0.29, 0.717) is 6.54 Å². The van der Waals surface area contributed by atoms with Gasteiger partial charge in [-0.2, -0.15) is 0 Å². The average molecular weight is 422 g/mol. The van der Waals surface area contributed by atoms with Gasteiger partial charge in [-0.05, 0) is 35.1 Å². The highest BCUT2D eigenvalue weighted by atomic mass is 32.1. The van der Waals surface area contributed by atoms with Crippen molar-refractivity contribution in [2.75, 3.05) is 38.2 Å². The Balaban J connectivity index is 1.39. The van der Waals surface area contributed by atoms with Crippen LogP contribution in [0.4, 0.5) is 10.5 Å². The number of rotatable bonds is 7. The van der Waals surface area contributed by atoms with Crippen molar-refractivity contribution in [2.24, 2.45) is 0 Å². The third-order valence-electron chi connectivity index (χ3n) is 5.32. The number of amides is 2. The number of hydrogen-bond acceptors (Lipinski definition) is 4. The smallest absolute Gasteiger partial charge is 0.319 e. The van der Waals surface area contributed by atoms with Gasteiger partial charge in [-0.15, -0.1) is 11.3 Å². The lowest BCUT2D eigenvalue weighted by Gasteiger charge is -2.34. The van der Waals surface area contributed by atoms with Gasteiger partial charge in [0.1, 0.15) is 0 Å². The van der Waals surface area contributed by atoms with Crippen molar-refractivity contribution in [2.45, 2.75) is 12.5 Å². The third-order valence-corrected chi connectivity index (χ3v) is 6.29. The van der Waals surface area contributed by atoms with Gasteiger partial charge in [0.2, 0.25) is 0 Å². The number of nitrogens with zero attached hydrogens (tertiary/aromatic N) is 1. The van der Waals surface area contributed by atoms with Crippen molar-refractivity contribution in [3.63, 3.8) is 0 Å². The third kappa shape index (κ3) is 5.48. The Labute approximate surface area is 181 Å². The number of hydrogen-bond donors (Lipinski definition) is 2. The van der Waals surface area contributed by atoms with Crippen LogP contribution in [0.25, 0.3) is 0 Å². The fourth-order valence-electron chi connectivity index (χ4n) is 3.75. The Morgan fingerprint density at radius 2 is 1.77 bits per heavy atom. The maximum Gasteiger partial charge on any atom is 0.319 e. The fraction of sp³-hybridized carbons (Fsp3) is 0.292. The summed E-state index contributed by atoms with van der Waals surface area (Å²) in [6.07, 6.45) is 0.781. The zero-order valence-electron chi connectivity index (χ0n) is 16.9. The predicted molar refractivity (Wildman–Crippen MR) is 122 cm³/mol. The second-order valence-corrected chi connectivity index (χ2v) is 8.31. The van der Waals surface area contributed by atoms with Crippen molar-refractivity contribution < 1.29 is 9.53 Å². The van der Waals surface area contributed by atoms with E-state index in [1.807, 2.05) is 36.4 Å². The molecule has 0 aliphatic carbocycles. The van der Waals surface area contributed by atoms with Crippen LogP contribution in [0.1, 0.15) is 22.0 Å². The van der Waals surface area contributed by atoms with E-state index in [-0.39, 0.29) is 12.1 Å². The molecule has 1 fully saturated rings. The van der Waals surface area contributed by atoms with Crippen LogP contribution in [0.3, 0.4) is 0 Å². The topological polar surface area (TPSA) is 53.6 Å². The number of para-hydroxylation sites is 1. The standard InChI is InChI=1S/C24H27N3O2S/c28-24(25-18-22(23-11-6-16-30-23)27-12-14-29-15-13-27)26-21-10-5-4-9-20(21)17-19-7-2-1-3-8-19/h1-11,16,22H,12-15,17-18H2,(H2,25,26,28)/t22-/m1/s1.